The van der Waals surface area contributed by atoms with Crippen molar-refractivity contribution in [3.05, 3.63) is 53.6 Å². The zero-order valence-corrected chi connectivity index (χ0v) is 18.2. The molecule has 2 N–H and O–H groups in total. The number of rotatable bonds is 6. The van der Waals surface area contributed by atoms with E-state index in [1.165, 1.54) is 14.2 Å². The average Bonchev–Trinajstić information content (AvgIpc) is 3.34. The van der Waals surface area contributed by atoms with E-state index in [0.29, 0.717) is 28.5 Å². The number of carbonyl (C=O) groups is 3. The number of hydrogen-bond donors (Lipinski definition) is 2. The smallest absolute Gasteiger partial charge is 0.256 e. The monoisotopic (exact) mass is 441 g/mol. The van der Waals surface area contributed by atoms with E-state index in [2.05, 4.69) is 10.6 Å². The van der Waals surface area contributed by atoms with Gasteiger partial charge in [-0.05, 0) is 30.7 Å². The number of hydrogen-bond acceptors (Lipinski definition) is 6. The van der Waals surface area contributed by atoms with Crippen LogP contribution in [0.15, 0.2) is 42.5 Å². The van der Waals surface area contributed by atoms with Crippen LogP contribution in [0, 0.1) is 0 Å². The minimum absolute atomic E-state index is 0.149. The standard InChI is InChI=1S/C22H23N3O5S/c1-12(19(26)24-16-10-13(29-2)8-9-18(16)30-3)23-20(27)17-11-31-22-15-7-5-4-6-14(15)21(28)25(17)22/h4-10,12,17,22H,11H2,1-3H3,(H,23,27)(H,24,26). The maximum Gasteiger partial charge on any atom is 0.256 e. The van der Waals surface area contributed by atoms with Crippen molar-refractivity contribution in [3.63, 3.8) is 0 Å². The van der Waals surface area contributed by atoms with Crippen molar-refractivity contribution in [1.82, 2.24) is 10.2 Å². The molecule has 9 heteroatoms. The molecule has 4 rings (SSSR count). The molecule has 3 unspecified atom stereocenters. The number of anilines is 1. The molecule has 2 aliphatic rings. The number of amides is 3. The van der Waals surface area contributed by atoms with Crippen LogP contribution in [-0.4, -0.2) is 54.7 Å². The van der Waals surface area contributed by atoms with E-state index < -0.39 is 18.0 Å². The highest BCUT2D eigenvalue weighted by Gasteiger charge is 2.48. The second-order valence-corrected chi connectivity index (χ2v) is 8.40. The summed E-state index contributed by atoms with van der Waals surface area (Å²) in [5, 5.41) is 5.33. The van der Waals surface area contributed by atoms with Gasteiger partial charge in [0.05, 0.1) is 19.9 Å². The third-order valence-electron chi connectivity index (χ3n) is 5.41. The molecule has 2 aromatic rings. The second kappa shape index (κ2) is 8.50. The lowest BCUT2D eigenvalue weighted by Crippen LogP contribution is -2.51. The SMILES string of the molecule is COc1ccc(OC)c(NC(=O)C(C)NC(=O)C2CSC3c4ccccc4C(=O)N23)c1. The Morgan fingerprint density at radius 3 is 2.68 bits per heavy atom. The van der Waals surface area contributed by atoms with E-state index in [4.69, 9.17) is 9.47 Å². The van der Waals surface area contributed by atoms with Crippen molar-refractivity contribution < 1.29 is 23.9 Å². The number of benzene rings is 2. The molecule has 3 amide bonds. The highest BCUT2D eigenvalue weighted by atomic mass is 32.2. The zero-order chi connectivity index (χ0) is 22.1. The summed E-state index contributed by atoms with van der Waals surface area (Å²) < 4.78 is 10.5. The lowest BCUT2D eigenvalue weighted by molar-refractivity contribution is -0.128. The molecule has 2 heterocycles. The van der Waals surface area contributed by atoms with Crippen molar-refractivity contribution in [2.24, 2.45) is 0 Å². The Bertz CT molecular complexity index is 1040. The van der Waals surface area contributed by atoms with Gasteiger partial charge in [-0.2, -0.15) is 0 Å². The second-order valence-electron chi connectivity index (χ2n) is 7.29. The molecule has 2 aromatic carbocycles. The minimum Gasteiger partial charge on any atom is -0.497 e. The number of ether oxygens (including phenoxy) is 2. The van der Waals surface area contributed by atoms with E-state index in [0.717, 1.165) is 5.56 Å². The number of nitrogens with zero attached hydrogens (tertiary/aromatic N) is 1. The van der Waals surface area contributed by atoms with Crippen molar-refractivity contribution in [3.8, 4) is 11.5 Å². The summed E-state index contributed by atoms with van der Waals surface area (Å²) >= 11 is 1.56. The van der Waals surface area contributed by atoms with Gasteiger partial charge in [0.1, 0.15) is 29.0 Å². The fourth-order valence-electron chi connectivity index (χ4n) is 3.77. The van der Waals surface area contributed by atoms with Gasteiger partial charge in [0.2, 0.25) is 11.8 Å². The molecule has 0 radical (unpaired) electrons. The lowest BCUT2D eigenvalue weighted by Gasteiger charge is -2.24. The van der Waals surface area contributed by atoms with Gasteiger partial charge in [-0.1, -0.05) is 18.2 Å². The van der Waals surface area contributed by atoms with Crippen molar-refractivity contribution in [1.29, 1.82) is 0 Å². The largest absolute Gasteiger partial charge is 0.497 e. The molecule has 1 saturated heterocycles. The predicted molar refractivity (Wildman–Crippen MR) is 117 cm³/mol. The summed E-state index contributed by atoms with van der Waals surface area (Å²) in [6, 6.07) is 11.0. The van der Waals surface area contributed by atoms with Crippen LogP contribution in [0.4, 0.5) is 5.69 Å². The molecule has 0 aliphatic carbocycles. The highest BCUT2D eigenvalue weighted by Crippen LogP contribution is 2.48. The van der Waals surface area contributed by atoms with Gasteiger partial charge in [0.25, 0.3) is 5.91 Å². The third-order valence-corrected chi connectivity index (χ3v) is 6.72. The maximum atomic E-state index is 12.9. The Labute approximate surface area is 184 Å². The van der Waals surface area contributed by atoms with Crippen molar-refractivity contribution >= 4 is 35.2 Å². The van der Waals surface area contributed by atoms with Crippen molar-refractivity contribution in [2.45, 2.75) is 24.4 Å². The molecule has 3 atom stereocenters. The summed E-state index contributed by atoms with van der Waals surface area (Å²) in [6.07, 6.45) is 0. The first kappa shape index (κ1) is 21.0. The number of nitrogens with one attached hydrogen (secondary N) is 2. The normalized spacial score (nSPS) is 20.0. The summed E-state index contributed by atoms with van der Waals surface area (Å²) in [5.74, 6) is 0.616. The molecule has 31 heavy (non-hydrogen) atoms. The Morgan fingerprint density at radius 1 is 1.16 bits per heavy atom. The van der Waals surface area contributed by atoms with Crippen LogP contribution in [0.2, 0.25) is 0 Å². The van der Waals surface area contributed by atoms with E-state index in [1.807, 2.05) is 18.2 Å². The molecule has 8 nitrogen and oxygen atoms in total. The number of fused-ring (bicyclic) bond motifs is 3. The summed E-state index contributed by atoms with van der Waals surface area (Å²) in [6.45, 7) is 1.60. The van der Waals surface area contributed by atoms with Crippen LogP contribution in [0.1, 0.15) is 28.2 Å². The van der Waals surface area contributed by atoms with Gasteiger partial charge >= 0.3 is 0 Å². The van der Waals surface area contributed by atoms with Crippen LogP contribution in [0.3, 0.4) is 0 Å². The Morgan fingerprint density at radius 2 is 1.94 bits per heavy atom. The summed E-state index contributed by atoms with van der Waals surface area (Å²) in [7, 11) is 3.03. The van der Waals surface area contributed by atoms with Gasteiger partial charge in [-0.15, -0.1) is 11.8 Å². The average molecular weight is 442 g/mol. The van der Waals surface area contributed by atoms with E-state index in [9.17, 15) is 14.4 Å². The van der Waals surface area contributed by atoms with Gasteiger partial charge < -0.3 is 25.0 Å². The lowest BCUT2D eigenvalue weighted by atomic mass is 10.1. The van der Waals surface area contributed by atoms with Gasteiger partial charge in [0, 0.05) is 17.4 Å². The fourth-order valence-corrected chi connectivity index (χ4v) is 5.23. The van der Waals surface area contributed by atoms with Gasteiger partial charge in [0.15, 0.2) is 0 Å². The van der Waals surface area contributed by atoms with Crippen LogP contribution in [0.5, 0.6) is 11.5 Å². The molecule has 0 saturated carbocycles. The molecule has 162 valence electrons. The fraction of sp³-hybridized carbons (Fsp3) is 0.318. The van der Waals surface area contributed by atoms with E-state index in [1.54, 1.807) is 47.9 Å². The number of methoxy groups -OCH3 is 2. The first-order valence-electron chi connectivity index (χ1n) is 9.81. The van der Waals surface area contributed by atoms with Crippen LogP contribution in [-0.2, 0) is 9.59 Å². The van der Waals surface area contributed by atoms with Crippen LogP contribution < -0.4 is 20.1 Å². The van der Waals surface area contributed by atoms with Gasteiger partial charge in [-0.25, -0.2) is 0 Å². The first-order chi connectivity index (χ1) is 14.9. The number of carbonyl (C=O) groups excluding carboxylic acids is 3. The Kier molecular flexibility index (Phi) is 5.77. The van der Waals surface area contributed by atoms with E-state index >= 15 is 0 Å². The molecule has 2 aliphatic heterocycles. The third kappa shape index (κ3) is 3.81. The molecular formula is C22H23N3O5S. The van der Waals surface area contributed by atoms with Crippen LogP contribution in [0.25, 0.3) is 0 Å². The summed E-state index contributed by atoms with van der Waals surface area (Å²) in [5.41, 5.74) is 2.01. The predicted octanol–water partition coefficient (Wildman–Crippen LogP) is 2.42. The first-order valence-corrected chi connectivity index (χ1v) is 10.9. The highest BCUT2D eigenvalue weighted by molar-refractivity contribution is 7.99. The molecular weight excluding hydrogens is 418 g/mol. The number of thioether (sulfide) groups is 1. The summed E-state index contributed by atoms with van der Waals surface area (Å²) in [4.78, 5) is 40.0. The molecule has 0 spiro atoms. The van der Waals surface area contributed by atoms with Gasteiger partial charge in [-0.3, -0.25) is 14.4 Å². The topological polar surface area (TPSA) is 97.0 Å². The maximum absolute atomic E-state index is 12.9. The molecule has 0 bridgehead atoms. The Balaban J connectivity index is 1.43. The zero-order valence-electron chi connectivity index (χ0n) is 17.4. The van der Waals surface area contributed by atoms with Crippen LogP contribution >= 0.6 is 11.8 Å². The van der Waals surface area contributed by atoms with Crippen molar-refractivity contribution in [2.75, 3.05) is 25.3 Å². The molecule has 1 fully saturated rings. The quantitative estimate of drug-likeness (QED) is 0.715. The minimum atomic E-state index is -0.812. The molecule has 0 aromatic heterocycles. The van der Waals surface area contributed by atoms with E-state index in [-0.39, 0.29) is 17.2 Å². The Hall–Kier alpha value is -3.20.